The van der Waals surface area contributed by atoms with Crippen LogP contribution in [0.4, 0.5) is 17.1 Å². The second kappa shape index (κ2) is 12.0. The van der Waals surface area contributed by atoms with Gasteiger partial charge in [0.05, 0.1) is 11.3 Å². The van der Waals surface area contributed by atoms with E-state index in [0.717, 1.165) is 105 Å². The van der Waals surface area contributed by atoms with Crippen LogP contribution in [-0.2, 0) is 0 Å². The van der Waals surface area contributed by atoms with Crippen LogP contribution in [-0.4, -0.2) is 0 Å². The zero-order valence-electron chi connectivity index (χ0n) is 30.1. The Morgan fingerprint density at radius 1 is 0.339 bits per heavy atom. The molecule has 4 heteroatoms. The Hall–Kier alpha value is -7.56. The molecular formula is C52H31NO3. The molecule has 3 heterocycles. The van der Waals surface area contributed by atoms with Gasteiger partial charge in [0.2, 0.25) is 0 Å². The van der Waals surface area contributed by atoms with Crippen molar-refractivity contribution in [3.8, 4) is 22.3 Å². The minimum absolute atomic E-state index is 0.787. The van der Waals surface area contributed by atoms with Gasteiger partial charge in [0.15, 0.2) is 0 Å². The molecule has 0 amide bonds. The first-order chi connectivity index (χ1) is 27.8. The van der Waals surface area contributed by atoms with E-state index in [-0.39, 0.29) is 0 Å². The summed E-state index contributed by atoms with van der Waals surface area (Å²) in [5.41, 5.74) is 12.2. The van der Waals surface area contributed by atoms with Gasteiger partial charge in [0.25, 0.3) is 0 Å². The lowest BCUT2D eigenvalue weighted by Crippen LogP contribution is -2.11. The van der Waals surface area contributed by atoms with E-state index in [2.05, 4.69) is 157 Å². The molecular weight excluding hydrogens is 687 g/mol. The summed E-state index contributed by atoms with van der Waals surface area (Å²) in [6.45, 7) is 0. The third kappa shape index (κ3) is 4.60. The Kier molecular flexibility index (Phi) is 6.60. The standard InChI is InChI=1S/C52H31NO3/c1-2-11-32(12-3-1)34-21-24-36(25-22-34)53(37-26-23-33-13-4-5-14-35(33)31-37)43-28-27-42-50-47(30-29-46-49(50)40-16-7-9-20-45(40)54-46)56-52(42)48(43)41-18-10-17-39-38-15-6-8-19-44(38)55-51(39)41/h1-31H. The third-order valence-corrected chi connectivity index (χ3v) is 11.3. The number of anilines is 3. The quantitative estimate of drug-likeness (QED) is 0.178. The number of para-hydroxylation sites is 3. The SMILES string of the molecule is c1ccc(-c2ccc(N(c3ccc4ccccc4c3)c3ccc4c(oc5ccc6oc7ccccc7c6c54)c3-c3cccc4c3oc3ccccc34)cc2)cc1. The van der Waals surface area contributed by atoms with Crippen LogP contribution in [0.2, 0.25) is 0 Å². The van der Waals surface area contributed by atoms with Crippen molar-refractivity contribution in [2.45, 2.75) is 0 Å². The van der Waals surface area contributed by atoms with Gasteiger partial charge in [-0.2, -0.15) is 0 Å². The Morgan fingerprint density at radius 2 is 0.964 bits per heavy atom. The molecule has 0 aliphatic heterocycles. The maximum absolute atomic E-state index is 7.09. The fourth-order valence-corrected chi connectivity index (χ4v) is 8.70. The Morgan fingerprint density at radius 3 is 1.80 bits per heavy atom. The fraction of sp³-hybridized carbons (Fsp3) is 0. The number of rotatable bonds is 5. The van der Waals surface area contributed by atoms with Crippen LogP contribution in [0.3, 0.4) is 0 Å². The maximum Gasteiger partial charge on any atom is 0.145 e. The number of furan rings is 3. The van der Waals surface area contributed by atoms with Crippen LogP contribution in [0.5, 0.6) is 0 Å². The van der Waals surface area contributed by atoms with Gasteiger partial charge in [-0.25, -0.2) is 0 Å². The molecule has 0 aliphatic rings. The van der Waals surface area contributed by atoms with Crippen molar-refractivity contribution in [3.05, 3.63) is 188 Å². The topological polar surface area (TPSA) is 42.7 Å². The summed E-state index contributed by atoms with van der Waals surface area (Å²) in [5.74, 6) is 0. The van der Waals surface area contributed by atoms with Gasteiger partial charge in [-0.15, -0.1) is 0 Å². The zero-order valence-corrected chi connectivity index (χ0v) is 30.1. The summed E-state index contributed by atoms with van der Waals surface area (Å²) in [4.78, 5) is 2.35. The molecule has 0 bridgehead atoms. The van der Waals surface area contributed by atoms with E-state index in [1.807, 2.05) is 36.4 Å². The summed E-state index contributed by atoms with van der Waals surface area (Å²) in [5, 5.41) is 8.67. The minimum Gasteiger partial charge on any atom is -0.456 e. The summed E-state index contributed by atoms with van der Waals surface area (Å²) < 4.78 is 20.2. The van der Waals surface area contributed by atoms with E-state index in [4.69, 9.17) is 13.3 Å². The predicted molar refractivity (Wildman–Crippen MR) is 231 cm³/mol. The fourth-order valence-electron chi connectivity index (χ4n) is 8.70. The van der Waals surface area contributed by atoms with Crippen molar-refractivity contribution >= 4 is 93.7 Å². The monoisotopic (exact) mass is 717 g/mol. The highest BCUT2D eigenvalue weighted by Gasteiger charge is 2.27. The Balaban J connectivity index is 1.20. The van der Waals surface area contributed by atoms with Crippen molar-refractivity contribution in [3.63, 3.8) is 0 Å². The molecule has 0 atom stereocenters. The highest BCUT2D eigenvalue weighted by molar-refractivity contribution is 6.28. The van der Waals surface area contributed by atoms with Crippen molar-refractivity contribution in [1.82, 2.24) is 0 Å². The first-order valence-corrected chi connectivity index (χ1v) is 18.9. The number of hydrogen-bond donors (Lipinski definition) is 0. The highest BCUT2D eigenvalue weighted by Crippen LogP contribution is 2.51. The van der Waals surface area contributed by atoms with E-state index >= 15 is 0 Å². The van der Waals surface area contributed by atoms with Crippen molar-refractivity contribution in [2.24, 2.45) is 0 Å². The lowest BCUT2D eigenvalue weighted by atomic mass is 9.95. The summed E-state index contributed by atoms with van der Waals surface area (Å²) >= 11 is 0. The molecule has 12 rings (SSSR count). The van der Waals surface area contributed by atoms with Crippen LogP contribution in [0.1, 0.15) is 0 Å². The van der Waals surface area contributed by atoms with Gasteiger partial charge in [0.1, 0.15) is 33.5 Å². The number of nitrogens with zero attached hydrogens (tertiary/aromatic N) is 1. The molecule has 0 saturated heterocycles. The molecule has 0 saturated carbocycles. The molecule has 4 nitrogen and oxygen atoms in total. The average Bonchev–Trinajstić information content (AvgIpc) is 3.95. The smallest absolute Gasteiger partial charge is 0.145 e. The lowest BCUT2D eigenvalue weighted by molar-refractivity contribution is 0.662. The average molecular weight is 718 g/mol. The second-order valence-electron chi connectivity index (χ2n) is 14.4. The highest BCUT2D eigenvalue weighted by atomic mass is 16.3. The summed E-state index contributed by atoms with van der Waals surface area (Å²) in [6, 6.07) is 66.0. The van der Waals surface area contributed by atoms with E-state index in [1.165, 1.54) is 10.9 Å². The molecule has 56 heavy (non-hydrogen) atoms. The number of fused-ring (bicyclic) bond motifs is 11. The van der Waals surface area contributed by atoms with Crippen LogP contribution in [0.25, 0.3) is 98.8 Å². The van der Waals surface area contributed by atoms with E-state index in [0.29, 0.717) is 0 Å². The van der Waals surface area contributed by atoms with Gasteiger partial charge in [-0.3, -0.25) is 0 Å². The largest absolute Gasteiger partial charge is 0.456 e. The molecule has 3 aromatic heterocycles. The normalized spacial score (nSPS) is 11.9. The van der Waals surface area contributed by atoms with Crippen LogP contribution in [0.15, 0.2) is 201 Å². The van der Waals surface area contributed by atoms with Gasteiger partial charge in [-0.05, 0) is 82.6 Å². The van der Waals surface area contributed by atoms with Crippen LogP contribution < -0.4 is 4.90 Å². The Bertz CT molecular complexity index is 3480. The maximum atomic E-state index is 7.09. The van der Waals surface area contributed by atoms with E-state index in [1.54, 1.807) is 0 Å². The predicted octanol–water partition coefficient (Wildman–Crippen LogP) is 15.3. The summed E-state index contributed by atoms with van der Waals surface area (Å²) in [6.07, 6.45) is 0. The molecule has 262 valence electrons. The van der Waals surface area contributed by atoms with Gasteiger partial charge >= 0.3 is 0 Å². The van der Waals surface area contributed by atoms with Crippen LogP contribution >= 0.6 is 0 Å². The number of benzene rings is 9. The third-order valence-electron chi connectivity index (χ3n) is 11.3. The van der Waals surface area contributed by atoms with Crippen molar-refractivity contribution < 1.29 is 13.3 Å². The van der Waals surface area contributed by atoms with Crippen molar-refractivity contribution in [1.29, 1.82) is 0 Å². The molecule has 0 aliphatic carbocycles. The first kappa shape index (κ1) is 30.9. The lowest BCUT2D eigenvalue weighted by Gasteiger charge is -2.28. The van der Waals surface area contributed by atoms with Gasteiger partial charge in [0, 0.05) is 49.3 Å². The van der Waals surface area contributed by atoms with Gasteiger partial charge in [-0.1, -0.05) is 127 Å². The molecule has 0 N–H and O–H groups in total. The van der Waals surface area contributed by atoms with E-state index < -0.39 is 0 Å². The molecule has 0 radical (unpaired) electrons. The second-order valence-corrected chi connectivity index (χ2v) is 14.4. The zero-order chi connectivity index (χ0) is 36.7. The van der Waals surface area contributed by atoms with Gasteiger partial charge < -0.3 is 18.2 Å². The van der Waals surface area contributed by atoms with Crippen LogP contribution in [0, 0.1) is 0 Å². The first-order valence-electron chi connectivity index (χ1n) is 18.9. The molecule has 9 aromatic carbocycles. The molecule has 0 unspecified atom stereocenters. The van der Waals surface area contributed by atoms with Crippen molar-refractivity contribution in [2.75, 3.05) is 4.90 Å². The molecule has 0 spiro atoms. The number of hydrogen-bond acceptors (Lipinski definition) is 4. The summed E-state index contributed by atoms with van der Waals surface area (Å²) in [7, 11) is 0. The minimum atomic E-state index is 0.787. The molecule has 0 fully saturated rings. The molecule has 12 aromatic rings. The van der Waals surface area contributed by atoms with E-state index in [9.17, 15) is 0 Å². The Labute approximate surface area is 321 Å².